The van der Waals surface area contributed by atoms with Crippen LogP contribution < -0.4 is 0 Å². The number of fused-ring (bicyclic) bond motifs is 1. The number of hydrogen-bond acceptors (Lipinski definition) is 5. The van der Waals surface area contributed by atoms with E-state index in [9.17, 15) is 4.79 Å². The topological polar surface area (TPSA) is 76.5 Å². The Morgan fingerprint density at radius 1 is 1.39 bits per heavy atom. The first-order valence-electron chi connectivity index (χ1n) is 7.75. The van der Waals surface area contributed by atoms with Gasteiger partial charge in [0.1, 0.15) is 0 Å². The largest absolute Gasteiger partial charge is 0.438 e. The van der Waals surface area contributed by atoms with Gasteiger partial charge in [-0.25, -0.2) is 14.5 Å². The Morgan fingerprint density at radius 2 is 2.30 bits per heavy atom. The summed E-state index contributed by atoms with van der Waals surface area (Å²) < 4.78 is 6.92. The SMILES string of the molecule is Cc1cc2nc([C@@H]3CCCCN3C(=O)c3cnco3)ccn2n1. The molecule has 0 saturated carbocycles. The average molecular weight is 311 g/mol. The van der Waals surface area contributed by atoms with Crippen molar-refractivity contribution in [1.82, 2.24) is 24.5 Å². The third-order valence-electron chi connectivity index (χ3n) is 4.22. The van der Waals surface area contributed by atoms with E-state index in [0.29, 0.717) is 6.54 Å². The van der Waals surface area contributed by atoms with Gasteiger partial charge in [0.15, 0.2) is 12.0 Å². The van der Waals surface area contributed by atoms with E-state index in [1.807, 2.05) is 30.2 Å². The van der Waals surface area contributed by atoms with Gasteiger partial charge in [-0.2, -0.15) is 5.10 Å². The summed E-state index contributed by atoms with van der Waals surface area (Å²) in [4.78, 5) is 23.0. The van der Waals surface area contributed by atoms with Gasteiger partial charge in [0.25, 0.3) is 5.91 Å². The summed E-state index contributed by atoms with van der Waals surface area (Å²) in [6.45, 7) is 2.64. The number of oxazole rings is 1. The van der Waals surface area contributed by atoms with Gasteiger partial charge >= 0.3 is 0 Å². The number of piperidine rings is 1. The molecule has 1 atom stereocenters. The van der Waals surface area contributed by atoms with E-state index in [1.165, 1.54) is 12.6 Å². The summed E-state index contributed by atoms with van der Waals surface area (Å²) >= 11 is 0. The number of hydrogen-bond donors (Lipinski definition) is 0. The van der Waals surface area contributed by atoms with E-state index >= 15 is 0 Å². The molecule has 23 heavy (non-hydrogen) atoms. The second kappa shape index (κ2) is 5.49. The van der Waals surface area contributed by atoms with Crippen LogP contribution in [-0.2, 0) is 0 Å². The van der Waals surface area contributed by atoms with Crippen molar-refractivity contribution in [3.63, 3.8) is 0 Å². The van der Waals surface area contributed by atoms with E-state index in [2.05, 4.69) is 10.1 Å². The Kier molecular flexibility index (Phi) is 3.33. The van der Waals surface area contributed by atoms with E-state index in [4.69, 9.17) is 9.40 Å². The molecule has 1 aliphatic rings. The summed E-state index contributed by atoms with van der Waals surface area (Å²) in [5.41, 5.74) is 2.62. The molecule has 1 saturated heterocycles. The zero-order valence-corrected chi connectivity index (χ0v) is 12.8. The van der Waals surface area contributed by atoms with E-state index in [0.717, 1.165) is 36.3 Å². The number of aromatic nitrogens is 4. The molecule has 7 heteroatoms. The molecule has 4 heterocycles. The predicted molar refractivity (Wildman–Crippen MR) is 81.9 cm³/mol. The maximum atomic E-state index is 12.7. The Morgan fingerprint density at radius 3 is 3.13 bits per heavy atom. The number of carbonyl (C=O) groups is 1. The van der Waals surface area contributed by atoms with Crippen LogP contribution >= 0.6 is 0 Å². The first kappa shape index (κ1) is 13.9. The highest BCUT2D eigenvalue weighted by atomic mass is 16.3. The Labute approximate surface area is 132 Å². The lowest BCUT2D eigenvalue weighted by atomic mass is 9.98. The summed E-state index contributed by atoms with van der Waals surface area (Å²) in [5, 5.41) is 4.34. The van der Waals surface area contributed by atoms with Crippen molar-refractivity contribution in [2.24, 2.45) is 0 Å². The fourth-order valence-corrected chi connectivity index (χ4v) is 3.14. The average Bonchev–Trinajstić information content (AvgIpc) is 3.22. The molecule has 0 aromatic carbocycles. The predicted octanol–water partition coefficient (Wildman–Crippen LogP) is 2.39. The molecule has 7 nitrogen and oxygen atoms in total. The van der Waals surface area contributed by atoms with Gasteiger partial charge in [0.2, 0.25) is 5.76 Å². The van der Waals surface area contributed by atoms with Gasteiger partial charge in [0, 0.05) is 18.8 Å². The van der Waals surface area contributed by atoms with Gasteiger partial charge in [-0.15, -0.1) is 0 Å². The molecule has 0 N–H and O–H groups in total. The smallest absolute Gasteiger partial charge is 0.291 e. The summed E-state index contributed by atoms with van der Waals surface area (Å²) in [6.07, 6.45) is 7.61. The number of rotatable bonds is 2. The number of amides is 1. The molecule has 3 aromatic heterocycles. The van der Waals surface area contributed by atoms with Crippen LogP contribution in [-0.4, -0.2) is 36.9 Å². The number of aryl methyl sites for hydroxylation is 1. The van der Waals surface area contributed by atoms with E-state index < -0.39 is 0 Å². The number of carbonyl (C=O) groups excluding carboxylic acids is 1. The fourth-order valence-electron chi connectivity index (χ4n) is 3.14. The minimum absolute atomic E-state index is 0.0402. The van der Waals surface area contributed by atoms with Gasteiger partial charge in [-0.05, 0) is 32.3 Å². The molecule has 0 unspecified atom stereocenters. The molecule has 0 radical (unpaired) electrons. The first-order valence-corrected chi connectivity index (χ1v) is 7.75. The lowest BCUT2D eigenvalue weighted by molar-refractivity contribution is 0.0573. The molecule has 3 aromatic rings. The summed E-state index contributed by atoms with van der Waals surface area (Å²) in [7, 11) is 0. The zero-order chi connectivity index (χ0) is 15.8. The van der Waals surface area contributed by atoms with Crippen LogP contribution in [0.15, 0.2) is 35.3 Å². The number of nitrogens with zero attached hydrogens (tertiary/aromatic N) is 5. The third-order valence-corrected chi connectivity index (χ3v) is 4.22. The van der Waals surface area contributed by atoms with E-state index in [1.54, 1.807) is 4.52 Å². The van der Waals surface area contributed by atoms with Crippen molar-refractivity contribution in [2.75, 3.05) is 6.54 Å². The normalized spacial score (nSPS) is 18.5. The highest BCUT2D eigenvalue weighted by Crippen LogP contribution is 2.31. The van der Waals surface area contributed by atoms with Crippen LogP contribution in [0.2, 0.25) is 0 Å². The second-order valence-corrected chi connectivity index (χ2v) is 5.82. The molecule has 1 aliphatic heterocycles. The van der Waals surface area contributed by atoms with Gasteiger partial charge < -0.3 is 9.32 Å². The Hall–Kier alpha value is -2.70. The van der Waals surface area contributed by atoms with Crippen molar-refractivity contribution < 1.29 is 9.21 Å². The van der Waals surface area contributed by atoms with Crippen LogP contribution in [0.25, 0.3) is 5.65 Å². The minimum Gasteiger partial charge on any atom is -0.438 e. The molecule has 0 bridgehead atoms. The van der Waals surface area contributed by atoms with Crippen LogP contribution in [0.5, 0.6) is 0 Å². The van der Waals surface area contributed by atoms with E-state index in [-0.39, 0.29) is 17.7 Å². The van der Waals surface area contributed by atoms with Crippen molar-refractivity contribution in [3.05, 3.63) is 48.1 Å². The lowest BCUT2D eigenvalue weighted by Gasteiger charge is -2.34. The molecule has 1 amide bonds. The molecular weight excluding hydrogens is 294 g/mol. The van der Waals surface area contributed by atoms with Crippen molar-refractivity contribution in [1.29, 1.82) is 0 Å². The van der Waals surface area contributed by atoms with Gasteiger partial charge in [-0.3, -0.25) is 4.79 Å². The first-order chi connectivity index (χ1) is 11.2. The highest BCUT2D eigenvalue weighted by molar-refractivity contribution is 5.91. The highest BCUT2D eigenvalue weighted by Gasteiger charge is 2.31. The molecule has 0 aliphatic carbocycles. The summed E-state index contributed by atoms with van der Waals surface area (Å²) in [5.74, 6) is 0.150. The molecule has 1 fully saturated rings. The standard InChI is InChI=1S/C16H17N5O2/c1-11-8-15-18-12(5-7-21(15)19-11)13-4-2-3-6-20(13)16(22)14-9-17-10-23-14/h5,7-10,13H,2-4,6H2,1H3/t13-/m0/s1. The van der Waals surface area contributed by atoms with Crippen molar-refractivity contribution in [2.45, 2.75) is 32.2 Å². The van der Waals surface area contributed by atoms with Crippen LogP contribution in [0.1, 0.15) is 47.2 Å². The van der Waals surface area contributed by atoms with Crippen LogP contribution in [0.3, 0.4) is 0 Å². The second-order valence-electron chi connectivity index (χ2n) is 5.82. The lowest BCUT2D eigenvalue weighted by Crippen LogP contribution is -2.38. The van der Waals surface area contributed by atoms with Gasteiger partial charge in [0.05, 0.1) is 23.6 Å². The molecular formula is C16H17N5O2. The van der Waals surface area contributed by atoms with Crippen molar-refractivity contribution in [3.8, 4) is 0 Å². The maximum Gasteiger partial charge on any atom is 0.291 e. The quantitative estimate of drug-likeness (QED) is 0.726. The van der Waals surface area contributed by atoms with Crippen LogP contribution in [0.4, 0.5) is 0 Å². The minimum atomic E-state index is -0.126. The van der Waals surface area contributed by atoms with Crippen molar-refractivity contribution >= 4 is 11.6 Å². The zero-order valence-electron chi connectivity index (χ0n) is 12.8. The fraction of sp³-hybridized carbons (Fsp3) is 0.375. The Balaban J connectivity index is 1.69. The third kappa shape index (κ3) is 2.48. The maximum absolute atomic E-state index is 12.7. The molecule has 4 rings (SSSR count). The molecule has 0 spiro atoms. The monoisotopic (exact) mass is 311 g/mol. The number of likely N-dealkylation sites (tertiary alicyclic amines) is 1. The molecule has 118 valence electrons. The van der Waals surface area contributed by atoms with Crippen LogP contribution in [0, 0.1) is 6.92 Å². The summed E-state index contributed by atoms with van der Waals surface area (Å²) in [6, 6.07) is 3.84. The Bertz CT molecular complexity index is 839. The van der Waals surface area contributed by atoms with Gasteiger partial charge in [-0.1, -0.05) is 0 Å².